The van der Waals surface area contributed by atoms with Crippen LogP contribution in [0.1, 0.15) is 30.1 Å². The molecule has 1 atom stereocenters. The summed E-state index contributed by atoms with van der Waals surface area (Å²) in [6, 6.07) is 5.93. The minimum Gasteiger partial charge on any atom is -0.444 e. The van der Waals surface area contributed by atoms with Gasteiger partial charge in [-0.2, -0.15) is 5.26 Å². The van der Waals surface area contributed by atoms with Crippen LogP contribution in [0.4, 0.5) is 0 Å². The molecule has 0 bridgehead atoms. The van der Waals surface area contributed by atoms with Crippen molar-refractivity contribution in [2.75, 3.05) is 0 Å². The van der Waals surface area contributed by atoms with Gasteiger partial charge in [-0.3, -0.25) is 4.79 Å². The minimum absolute atomic E-state index is 0.0694. The second-order valence-corrected chi connectivity index (χ2v) is 5.53. The zero-order valence-corrected chi connectivity index (χ0v) is 11.0. The van der Waals surface area contributed by atoms with Gasteiger partial charge >= 0.3 is 0 Å². The van der Waals surface area contributed by atoms with Crippen molar-refractivity contribution in [2.24, 2.45) is 5.73 Å². The molecule has 1 aliphatic carbocycles. The van der Waals surface area contributed by atoms with E-state index in [-0.39, 0.29) is 17.6 Å². The van der Waals surface area contributed by atoms with Crippen LogP contribution < -0.4 is 5.73 Å². The summed E-state index contributed by atoms with van der Waals surface area (Å²) >= 11 is 1.53. The van der Waals surface area contributed by atoms with Gasteiger partial charge in [0.2, 0.25) is 5.88 Å². The largest absolute Gasteiger partial charge is 0.444 e. The van der Waals surface area contributed by atoms with Crippen LogP contribution in [0.25, 0.3) is 0 Å². The molecule has 2 aliphatic rings. The van der Waals surface area contributed by atoms with E-state index in [0.29, 0.717) is 29.7 Å². The van der Waals surface area contributed by atoms with Crippen molar-refractivity contribution in [2.45, 2.75) is 25.2 Å². The number of nitriles is 1. The first-order valence-corrected chi connectivity index (χ1v) is 6.97. The molecule has 0 radical (unpaired) electrons. The summed E-state index contributed by atoms with van der Waals surface area (Å²) in [5.41, 5.74) is 6.80. The first-order valence-electron chi connectivity index (χ1n) is 6.09. The molecule has 0 amide bonds. The quantitative estimate of drug-likeness (QED) is 0.852. The van der Waals surface area contributed by atoms with Gasteiger partial charge in [-0.05, 0) is 17.9 Å². The molecule has 0 saturated heterocycles. The van der Waals surface area contributed by atoms with Gasteiger partial charge in [0.05, 0.1) is 5.92 Å². The summed E-state index contributed by atoms with van der Waals surface area (Å²) in [6.45, 7) is 0. The number of nitrogens with two attached hydrogens (primary N) is 1. The van der Waals surface area contributed by atoms with Crippen molar-refractivity contribution < 1.29 is 9.53 Å². The van der Waals surface area contributed by atoms with Crippen molar-refractivity contribution in [1.29, 1.82) is 5.26 Å². The Morgan fingerprint density at radius 2 is 2.32 bits per heavy atom. The Balaban J connectivity index is 2.18. The predicted octanol–water partition coefficient (Wildman–Crippen LogP) is 2.56. The molecular formula is C14H12N2O2S. The normalized spacial score (nSPS) is 22.9. The van der Waals surface area contributed by atoms with Gasteiger partial charge in [0.1, 0.15) is 17.4 Å². The molecule has 1 unspecified atom stereocenters. The zero-order chi connectivity index (χ0) is 13.4. The summed E-state index contributed by atoms with van der Waals surface area (Å²) < 4.78 is 5.49. The topological polar surface area (TPSA) is 76.1 Å². The van der Waals surface area contributed by atoms with E-state index in [9.17, 15) is 10.1 Å². The molecule has 3 rings (SSSR count). The number of carbonyl (C=O) groups excluding carboxylic acids is 1. The van der Waals surface area contributed by atoms with E-state index in [1.807, 2.05) is 17.5 Å². The number of thiophene rings is 1. The van der Waals surface area contributed by atoms with Crippen LogP contribution in [-0.2, 0) is 9.53 Å². The second-order valence-electron chi connectivity index (χ2n) is 4.55. The van der Waals surface area contributed by atoms with E-state index in [1.165, 1.54) is 11.3 Å². The lowest BCUT2D eigenvalue weighted by molar-refractivity contribution is -0.116. The van der Waals surface area contributed by atoms with E-state index < -0.39 is 0 Å². The summed E-state index contributed by atoms with van der Waals surface area (Å²) in [5.74, 6) is 0.502. The monoisotopic (exact) mass is 272 g/mol. The molecule has 2 N–H and O–H groups in total. The number of ether oxygens (including phenoxy) is 1. The third-order valence-corrected chi connectivity index (χ3v) is 4.37. The molecule has 1 aromatic heterocycles. The van der Waals surface area contributed by atoms with Gasteiger partial charge in [-0.15, -0.1) is 11.3 Å². The highest BCUT2D eigenvalue weighted by atomic mass is 32.1. The van der Waals surface area contributed by atoms with Gasteiger partial charge in [0, 0.05) is 23.3 Å². The van der Waals surface area contributed by atoms with Crippen molar-refractivity contribution in [3.05, 3.63) is 45.2 Å². The van der Waals surface area contributed by atoms with Crippen molar-refractivity contribution in [1.82, 2.24) is 0 Å². The number of carbonyl (C=O) groups is 1. The summed E-state index contributed by atoms with van der Waals surface area (Å²) in [4.78, 5) is 13.2. The molecule has 0 saturated carbocycles. The fourth-order valence-electron chi connectivity index (χ4n) is 2.60. The van der Waals surface area contributed by atoms with Gasteiger partial charge in [0.25, 0.3) is 0 Å². The maximum atomic E-state index is 12.2. The van der Waals surface area contributed by atoms with Gasteiger partial charge in [-0.1, -0.05) is 6.07 Å². The fraction of sp³-hybridized carbons (Fsp3) is 0.286. The highest BCUT2D eigenvalue weighted by Gasteiger charge is 2.38. The lowest BCUT2D eigenvalue weighted by atomic mass is 9.80. The Morgan fingerprint density at radius 3 is 3.00 bits per heavy atom. The molecule has 19 heavy (non-hydrogen) atoms. The Bertz CT molecular complexity index is 635. The number of ketones is 1. The molecule has 5 heteroatoms. The first kappa shape index (κ1) is 12.0. The van der Waals surface area contributed by atoms with Crippen LogP contribution in [0, 0.1) is 11.3 Å². The predicted molar refractivity (Wildman–Crippen MR) is 70.9 cm³/mol. The maximum absolute atomic E-state index is 12.2. The third kappa shape index (κ3) is 1.85. The number of hydrogen-bond donors (Lipinski definition) is 1. The van der Waals surface area contributed by atoms with Crippen LogP contribution >= 0.6 is 11.3 Å². The van der Waals surface area contributed by atoms with Crippen LogP contribution in [0.2, 0.25) is 0 Å². The van der Waals surface area contributed by atoms with Crippen LogP contribution in [0.15, 0.2) is 40.3 Å². The molecule has 4 nitrogen and oxygen atoms in total. The molecular weight excluding hydrogens is 260 g/mol. The molecule has 1 aliphatic heterocycles. The number of Topliss-reactive ketones (excluding diaryl/α,β-unsaturated/α-hetero) is 1. The van der Waals surface area contributed by atoms with Crippen molar-refractivity contribution in [3.63, 3.8) is 0 Å². The summed E-state index contributed by atoms with van der Waals surface area (Å²) in [7, 11) is 0. The Morgan fingerprint density at radius 1 is 1.47 bits per heavy atom. The minimum atomic E-state index is -0.346. The lowest BCUT2D eigenvalue weighted by Crippen LogP contribution is -2.26. The molecule has 0 aromatic carbocycles. The Hall–Kier alpha value is -2.06. The fourth-order valence-corrected chi connectivity index (χ4v) is 3.44. The molecule has 0 spiro atoms. The molecule has 2 heterocycles. The number of rotatable bonds is 1. The van der Waals surface area contributed by atoms with Gasteiger partial charge in [0.15, 0.2) is 5.78 Å². The van der Waals surface area contributed by atoms with E-state index in [1.54, 1.807) is 0 Å². The summed E-state index contributed by atoms with van der Waals surface area (Å²) in [5, 5.41) is 11.2. The average molecular weight is 272 g/mol. The number of hydrogen-bond acceptors (Lipinski definition) is 5. The smallest absolute Gasteiger partial charge is 0.205 e. The first-order chi connectivity index (χ1) is 9.22. The van der Waals surface area contributed by atoms with E-state index in [2.05, 4.69) is 6.07 Å². The summed E-state index contributed by atoms with van der Waals surface area (Å²) in [6.07, 6.45) is 2.01. The number of nitrogens with zero attached hydrogens (tertiary/aromatic N) is 1. The lowest BCUT2D eigenvalue weighted by Gasteiger charge is -2.30. The maximum Gasteiger partial charge on any atom is 0.205 e. The second kappa shape index (κ2) is 4.56. The molecule has 1 aromatic rings. The molecule has 96 valence electrons. The van der Waals surface area contributed by atoms with Gasteiger partial charge in [-0.25, -0.2) is 0 Å². The highest BCUT2D eigenvalue weighted by Crippen LogP contribution is 2.44. The SMILES string of the molecule is N#CC1=C(N)OC2=C(C(=O)CCC2)C1c1cccs1. The standard InChI is InChI=1S/C14H12N2O2S/c15-7-8-12(11-5-2-6-19-11)13-9(17)3-1-4-10(13)18-14(8)16/h2,5-6,12H,1,3-4,16H2. The van der Waals surface area contributed by atoms with Crippen LogP contribution in [0.5, 0.6) is 0 Å². The van der Waals surface area contributed by atoms with Crippen molar-refractivity contribution in [3.8, 4) is 6.07 Å². The van der Waals surface area contributed by atoms with Gasteiger partial charge < -0.3 is 10.5 Å². The molecule has 0 fully saturated rings. The Labute approximate surface area is 114 Å². The van der Waals surface area contributed by atoms with Crippen LogP contribution in [0.3, 0.4) is 0 Å². The Kier molecular flexibility index (Phi) is 2.88. The third-order valence-electron chi connectivity index (χ3n) is 3.43. The van der Waals surface area contributed by atoms with Crippen molar-refractivity contribution >= 4 is 17.1 Å². The average Bonchev–Trinajstić information content (AvgIpc) is 2.91. The number of allylic oxidation sites excluding steroid dienone is 3. The van der Waals surface area contributed by atoms with Crippen LogP contribution in [-0.4, -0.2) is 5.78 Å². The van der Waals surface area contributed by atoms with E-state index >= 15 is 0 Å². The van der Waals surface area contributed by atoms with E-state index in [0.717, 1.165) is 11.3 Å². The zero-order valence-electron chi connectivity index (χ0n) is 10.2. The highest BCUT2D eigenvalue weighted by molar-refractivity contribution is 7.10. The van der Waals surface area contributed by atoms with E-state index in [4.69, 9.17) is 10.5 Å².